The van der Waals surface area contributed by atoms with Gasteiger partial charge in [-0.25, -0.2) is 18.1 Å². The van der Waals surface area contributed by atoms with Gasteiger partial charge in [0.25, 0.3) is 5.91 Å². The Morgan fingerprint density at radius 2 is 2.06 bits per heavy atom. The van der Waals surface area contributed by atoms with E-state index in [0.29, 0.717) is 41.0 Å². The third-order valence-corrected chi connectivity index (χ3v) is 8.66. The Hall–Kier alpha value is -3.24. The van der Waals surface area contributed by atoms with E-state index in [4.69, 9.17) is 9.72 Å². The highest BCUT2D eigenvalue weighted by Crippen LogP contribution is 2.33. The van der Waals surface area contributed by atoms with Crippen molar-refractivity contribution in [3.8, 4) is 16.3 Å². The lowest BCUT2D eigenvalue weighted by atomic mass is 10.1. The minimum absolute atomic E-state index is 0.0349. The van der Waals surface area contributed by atoms with Crippen LogP contribution in [0.1, 0.15) is 34.1 Å². The standard InChI is InChI=1S/C24H24N4O4S2/c1-15-22-19(24(29)25-13-16-5-7-18(32-2)8-6-16)12-20(21-4-3-10-33-21)26-23(22)28(27-15)17-9-11-34(30,31)14-17/h3-8,10,12,17H,9,11,13-14H2,1-2H3,(H,25,29). The van der Waals surface area contributed by atoms with Gasteiger partial charge in [0, 0.05) is 6.54 Å². The summed E-state index contributed by atoms with van der Waals surface area (Å²) in [5.74, 6) is 0.691. The molecule has 3 aromatic heterocycles. The Kier molecular flexibility index (Phi) is 5.86. The molecule has 1 atom stereocenters. The van der Waals surface area contributed by atoms with Crippen molar-refractivity contribution in [2.24, 2.45) is 0 Å². The lowest BCUT2D eigenvalue weighted by Crippen LogP contribution is -2.23. The van der Waals surface area contributed by atoms with Crippen molar-refractivity contribution in [3.63, 3.8) is 0 Å². The van der Waals surface area contributed by atoms with Crippen molar-refractivity contribution in [1.29, 1.82) is 0 Å². The first-order valence-corrected chi connectivity index (χ1v) is 13.6. The van der Waals surface area contributed by atoms with E-state index < -0.39 is 9.84 Å². The van der Waals surface area contributed by atoms with Crippen LogP contribution in [0, 0.1) is 6.92 Å². The lowest BCUT2D eigenvalue weighted by molar-refractivity contribution is 0.0952. The highest BCUT2D eigenvalue weighted by atomic mass is 32.2. The normalized spacial score (nSPS) is 17.2. The van der Waals surface area contributed by atoms with E-state index in [-0.39, 0.29) is 23.5 Å². The second-order valence-corrected chi connectivity index (χ2v) is 11.5. The number of nitrogens with zero attached hydrogens (tertiary/aromatic N) is 3. The Balaban J connectivity index is 1.55. The number of thiophene rings is 1. The summed E-state index contributed by atoms with van der Waals surface area (Å²) >= 11 is 1.53. The fourth-order valence-corrected chi connectivity index (χ4v) is 6.66. The van der Waals surface area contributed by atoms with Crippen LogP contribution >= 0.6 is 11.3 Å². The Bertz CT molecular complexity index is 1460. The highest BCUT2D eigenvalue weighted by molar-refractivity contribution is 7.91. The Morgan fingerprint density at radius 3 is 2.71 bits per heavy atom. The molecule has 1 N–H and O–H groups in total. The van der Waals surface area contributed by atoms with Gasteiger partial charge in [-0.1, -0.05) is 18.2 Å². The smallest absolute Gasteiger partial charge is 0.252 e. The average molecular weight is 497 g/mol. The van der Waals surface area contributed by atoms with Crippen molar-refractivity contribution in [2.75, 3.05) is 18.6 Å². The third kappa shape index (κ3) is 4.30. The fourth-order valence-electron chi connectivity index (χ4n) is 4.29. The maximum Gasteiger partial charge on any atom is 0.252 e. The molecule has 0 bridgehead atoms. The molecule has 1 aromatic carbocycles. The molecule has 4 aromatic rings. The summed E-state index contributed by atoms with van der Waals surface area (Å²) in [5.41, 5.74) is 3.28. The number of amides is 1. The first-order valence-electron chi connectivity index (χ1n) is 10.9. The number of fused-ring (bicyclic) bond motifs is 1. The molecule has 34 heavy (non-hydrogen) atoms. The zero-order chi connectivity index (χ0) is 23.9. The minimum Gasteiger partial charge on any atom is -0.497 e. The van der Waals surface area contributed by atoms with Crippen LogP contribution in [0.25, 0.3) is 21.6 Å². The first-order chi connectivity index (χ1) is 16.3. The number of pyridine rings is 1. The van der Waals surface area contributed by atoms with Crippen LogP contribution in [-0.2, 0) is 16.4 Å². The van der Waals surface area contributed by atoms with E-state index in [2.05, 4.69) is 10.4 Å². The van der Waals surface area contributed by atoms with Gasteiger partial charge in [-0.05, 0) is 48.6 Å². The molecule has 8 nitrogen and oxygen atoms in total. The number of aromatic nitrogens is 3. The summed E-state index contributed by atoms with van der Waals surface area (Å²) in [5, 5.41) is 10.2. The van der Waals surface area contributed by atoms with Crippen molar-refractivity contribution >= 4 is 38.1 Å². The molecule has 0 aliphatic carbocycles. The molecular weight excluding hydrogens is 472 g/mol. The molecule has 0 radical (unpaired) electrons. The molecule has 0 saturated carbocycles. The fraction of sp³-hybridized carbons (Fsp3) is 0.292. The average Bonchev–Trinajstić information content (AvgIpc) is 3.56. The van der Waals surface area contributed by atoms with Crippen LogP contribution in [0.4, 0.5) is 0 Å². The van der Waals surface area contributed by atoms with Crippen LogP contribution in [0.15, 0.2) is 47.8 Å². The molecule has 0 spiro atoms. The summed E-state index contributed by atoms with van der Waals surface area (Å²) in [6, 6.07) is 12.9. The molecule has 176 valence electrons. The number of sulfone groups is 1. The largest absolute Gasteiger partial charge is 0.497 e. The van der Waals surface area contributed by atoms with Crippen LogP contribution in [0.5, 0.6) is 5.75 Å². The number of carbonyl (C=O) groups excluding carboxylic acids is 1. The van der Waals surface area contributed by atoms with Crippen LogP contribution in [0.3, 0.4) is 0 Å². The van der Waals surface area contributed by atoms with Gasteiger partial charge in [-0.3, -0.25) is 4.79 Å². The monoisotopic (exact) mass is 496 g/mol. The number of hydrogen-bond acceptors (Lipinski definition) is 7. The van der Waals surface area contributed by atoms with Gasteiger partial charge in [0.05, 0.1) is 51.9 Å². The molecule has 1 fully saturated rings. The SMILES string of the molecule is COc1ccc(CNC(=O)c2cc(-c3cccs3)nc3c2c(C)nn3C2CCS(=O)(=O)C2)cc1. The number of nitrogens with one attached hydrogen (secondary N) is 1. The van der Waals surface area contributed by atoms with E-state index in [9.17, 15) is 13.2 Å². The summed E-state index contributed by atoms with van der Waals surface area (Å²) in [4.78, 5) is 19.1. The molecule has 1 amide bonds. The van der Waals surface area contributed by atoms with Crippen molar-refractivity contribution in [1.82, 2.24) is 20.1 Å². The Labute approximate surface area is 201 Å². The van der Waals surface area contributed by atoms with E-state index in [0.717, 1.165) is 16.2 Å². The van der Waals surface area contributed by atoms with Gasteiger partial charge in [-0.2, -0.15) is 5.10 Å². The maximum atomic E-state index is 13.4. The first kappa shape index (κ1) is 22.5. The number of benzene rings is 1. The molecule has 10 heteroatoms. The predicted octanol–water partition coefficient (Wildman–Crippen LogP) is 3.77. The summed E-state index contributed by atoms with van der Waals surface area (Å²) in [7, 11) is -1.49. The molecule has 5 rings (SSSR count). The number of ether oxygens (including phenoxy) is 1. The molecule has 1 aliphatic heterocycles. The van der Waals surface area contributed by atoms with Gasteiger partial charge in [-0.15, -0.1) is 11.3 Å². The van der Waals surface area contributed by atoms with Gasteiger partial charge in [0.2, 0.25) is 0 Å². The lowest BCUT2D eigenvalue weighted by Gasteiger charge is -2.12. The van der Waals surface area contributed by atoms with E-state index in [1.165, 1.54) is 11.3 Å². The van der Waals surface area contributed by atoms with E-state index in [1.807, 2.05) is 48.7 Å². The van der Waals surface area contributed by atoms with E-state index >= 15 is 0 Å². The third-order valence-electron chi connectivity index (χ3n) is 6.02. The zero-order valence-corrected chi connectivity index (χ0v) is 20.4. The number of aryl methyl sites for hydroxylation is 1. The van der Waals surface area contributed by atoms with Crippen molar-refractivity contribution in [3.05, 3.63) is 64.7 Å². The topological polar surface area (TPSA) is 103 Å². The number of rotatable bonds is 6. The van der Waals surface area contributed by atoms with Crippen LogP contribution in [-0.4, -0.2) is 47.7 Å². The second-order valence-electron chi connectivity index (χ2n) is 8.35. The highest BCUT2D eigenvalue weighted by Gasteiger charge is 2.32. The summed E-state index contributed by atoms with van der Waals surface area (Å²) < 4.78 is 31.1. The zero-order valence-electron chi connectivity index (χ0n) is 18.8. The predicted molar refractivity (Wildman–Crippen MR) is 132 cm³/mol. The van der Waals surface area contributed by atoms with Crippen LogP contribution < -0.4 is 10.1 Å². The van der Waals surface area contributed by atoms with Gasteiger partial charge in [0.15, 0.2) is 15.5 Å². The number of carbonyl (C=O) groups is 1. The van der Waals surface area contributed by atoms with Gasteiger partial charge >= 0.3 is 0 Å². The summed E-state index contributed by atoms with van der Waals surface area (Å²) in [6.45, 7) is 2.18. The summed E-state index contributed by atoms with van der Waals surface area (Å²) in [6.07, 6.45) is 0.489. The molecular formula is C24H24N4O4S2. The maximum absolute atomic E-state index is 13.4. The second kappa shape index (κ2) is 8.84. The van der Waals surface area contributed by atoms with Gasteiger partial charge in [0.1, 0.15) is 5.75 Å². The Morgan fingerprint density at radius 1 is 1.26 bits per heavy atom. The van der Waals surface area contributed by atoms with Gasteiger partial charge < -0.3 is 10.1 Å². The van der Waals surface area contributed by atoms with E-state index in [1.54, 1.807) is 17.9 Å². The van der Waals surface area contributed by atoms with Crippen LogP contribution in [0.2, 0.25) is 0 Å². The van der Waals surface area contributed by atoms with Crippen molar-refractivity contribution < 1.29 is 17.9 Å². The minimum atomic E-state index is -3.10. The molecule has 1 saturated heterocycles. The quantitative estimate of drug-likeness (QED) is 0.436. The molecule has 1 aliphatic rings. The number of methoxy groups -OCH3 is 1. The molecule has 1 unspecified atom stereocenters. The molecule has 4 heterocycles. The van der Waals surface area contributed by atoms with Crippen molar-refractivity contribution in [2.45, 2.75) is 25.9 Å². The number of hydrogen-bond donors (Lipinski definition) is 1.